The van der Waals surface area contributed by atoms with E-state index < -0.39 is 0 Å². The second-order valence-corrected chi connectivity index (χ2v) is 4.55. The Morgan fingerprint density at radius 3 is 2.53 bits per heavy atom. The average molecular weight is 249 g/mol. The van der Waals surface area contributed by atoms with E-state index in [4.69, 9.17) is 4.74 Å². The summed E-state index contributed by atoms with van der Waals surface area (Å²) in [6, 6.07) is 8.71. The summed E-state index contributed by atoms with van der Waals surface area (Å²) in [7, 11) is 0. The fraction of sp³-hybridized carbons (Fsp3) is 0.429. The van der Waals surface area contributed by atoms with Gasteiger partial charge in [0.25, 0.3) is 0 Å². The largest absolute Gasteiger partial charge is 0.378 e. The summed E-state index contributed by atoms with van der Waals surface area (Å²) in [5.41, 5.74) is 2.54. The summed E-state index contributed by atoms with van der Waals surface area (Å²) < 4.78 is 5.35. The molecule has 1 saturated heterocycles. The molecule has 1 fully saturated rings. The predicted molar refractivity (Wildman–Crippen MR) is 77.0 cm³/mol. The maximum Gasteiger partial charge on any atom is 0.0642 e. The Hall–Kier alpha value is -0.930. The molecule has 3 heteroatoms. The fourth-order valence-corrected chi connectivity index (χ4v) is 2.06. The van der Waals surface area contributed by atoms with E-state index in [2.05, 4.69) is 53.9 Å². The lowest BCUT2D eigenvalue weighted by Gasteiger charge is -2.28. The Morgan fingerprint density at radius 1 is 1.18 bits per heavy atom. The van der Waals surface area contributed by atoms with Crippen LogP contribution in [0.4, 0.5) is 5.69 Å². The van der Waals surface area contributed by atoms with Crippen LogP contribution in [0.1, 0.15) is 12.0 Å². The van der Waals surface area contributed by atoms with Gasteiger partial charge in [0.05, 0.1) is 13.2 Å². The second-order valence-electron chi connectivity index (χ2n) is 4.11. The predicted octanol–water partition coefficient (Wildman–Crippen LogP) is 2.86. The Labute approximate surface area is 109 Å². The van der Waals surface area contributed by atoms with E-state index in [1.165, 1.54) is 11.3 Å². The van der Waals surface area contributed by atoms with E-state index in [-0.39, 0.29) is 0 Å². The molecule has 1 heterocycles. The topological polar surface area (TPSA) is 12.5 Å². The molecular weight excluding hydrogens is 230 g/mol. The highest BCUT2D eigenvalue weighted by Gasteiger charge is 2.10. The second kappa shape index (κ2) is 6.72. The van der Waals surface area contributed by atoms with E-state index in [1.54, 1.807) is 0 Å². The van der Waals surface area contributed by atoms with E-state index in [1.807, 2.05) is 0 Å². The van der Waals surface area contributed by atoms with Crippen LogP contribution in [0.25, 0.3) is 6.08 Å². The van der Waals surface area contributed by atoms with Crippen LogP contribution in [0.3, 0.4) is 0 Å². The van der Waals surface area contributed by atoms with Gasteiger partial charge in [0.2, 0.25) is 0 Å². The Balaban J connectivity index is 1.97. The first-order valence-corrected chi connectivity index (χ1v) is 6.73. The third-order valence-corrected chi connectivity index (χ3v) is 3.13. The van der Waals surface area contributed by atoms with Crippen molar-refractivity contribution in [3.63, 3.8) is 0 Å². The van der Waals surface area contributed by atoms with Crippen LogP contribution in [0, 0.1) is 0 Å². The Bertz CT molecular complexity index is 355. The third kappa shape index (κ3) is 3.79. The summed E-state index contributed by atoms with van der Waals surface area (Å²) >= 11 is 4.18. The van der Waals surface area contributed by atoms with Gasteiger partial charge in [0, 0.05) is 18.8 Å². The van der Waals surface area contributed by atoms with Gasteiger partial charge in [-0.2, -0.15) is 12.6 Å². The number of hydrogen-bond donors (Lipinski definition) is 1. The summed E-state index contributed by atoms with van der Waals surface area (Å²) in [5, 5.41) is 0. The number of anilines is 1. The lowest BCUT2D eigenvalue weighted by molar-refractivity contribution is 0.122. The summed E-state index contributed by atoms with van der Waals surface area (Å²) in [6.45, 7) is 3.66. The molecule has 0 aromatic heterocycles. The molecule has 0 amide bonds. The van der Waals surface area contributed by atoms with Crippen molar-refractivity contribution in [2.45, 2.75) is 6.42 Å². The van der Waals surface area contributed by atoms with Gasteiger partial charge in [-0.3, -0.25) is 0 Å². The van der Waals surface area contributed by atoms with Crippen molar-refractivity contribution < 1.29 is 4.74 Å². The zero-order valence-corrected chi connectivity index (χ0v) is 10.9. The van der Waals surface area contributed by atoms with Crippen molar-refractivity contribution in [2.75, 3.05) is 37.0 Å². The number of rotatable bonds is 4. The minimum Gasteiger partial charge on any atom is -0.378 e. The van der Waals surface area contributed by atoms with Crippen LogP contribution in [0.15, 0.2) is 30.3 Å². The molecular formula is C14H19NOS. The number of hydrogen-bond acceptors (Lipinski definition) is 3. The first kappa shape index (κ1) is 12.5. The van der Waals surface area contributed by atoms with Crippen molar-refractivity contribution in [3.05, 3.63) is 35.9 Å². The third-order valence-electron chi connectivity index (χ3n) is 2.88. The number of benzene rings is 1. The molecule has 0 atom stereocenters. The first-order chi connectivity index (χ1) is 8.40. The molecule has 1 aliphatic heterocycles. The van der Waals surface area contributed by atoms with Crippen molar-refractivity contribution in [1.82, 2.24) is 0 Å². The highest BCUT2D eigenvalue weighted by molar-refractivity contribution is 7.80. The Morgan fingerprint density at radius 2 is 1.88 bits per heavy atom. The molecule has 17 heavy (non-hydrogen) atoms. The van der Waals surface area contributed by atoms with Gasteiger partial charge >= 0.3 is 0 Å². The highest BCUT2D eigenvalue weighted by atomic mass is 32.1. The van der Waals surface area contributed by atoms with Crippen LogP contribution in [-0.4, -0.2) is 32.1 Å². The van der Waals surface area contributed by atoms with Crippen LogP contribution in [0.2, 0.25) is 0 Å². The normalized spacial score (nSPS) is 16.6. The fourth-order valence-electron chi connectivity index (χ4n) is 1.91. The molecule has 0 aliphatic carbocycles. The number of thiol groups is 1. The number of ether oxygens (including phenoxy) is 1. The number of nitrogens with zero attached hydrogens (tertiary/aromatic N) is 1. The highest BCUT2D eigenvalue weighted by Crippen LogP contribution is 2.17. The summed E-state index contributed by atoms with van der Waals surface area (Å²) in [4.78, 5) is 2.37. The minimum atomic E-state index is 0.837. The quantitative estimate of drug-likeness (QED) is 0.824. The van der Waals surface area contributed by atoms with E-state index in [0.717, 1.165) is 38.5 Å². The van der Waals surface area contributed by atoms with Gasteiger partial charge in [-0.05, 0) is 29.9 Å². The number of allylic oxidation sites excluding steroid dienone is 1. The van der Waals surface area contributed by atoms with Crippen molar-refractivity contribution >= 4 is 24.4 Å². The lowest BCUT2D eigenvalue weighted by atomic mass is 10.1. The molecule has 1 aliphatic rings. The van der Waals surface area contributed by atoms with E-state index in [9.17, 15) is 0 Å². The molecule has 0 radical (unpaired) electrons. The molecule has 0 unspecified atom stereocenters. The first-order valence-electron chi connectivity index (χ1n) is 6.10. The average Bonchev–Trinajstić information content (AvgIpc) is 2.41. The standard InChI is InChI=1S/C14H19NOS/c17-12-2-1-3-13-4-6-14(7-5-13)15-8-10-16-11-9-15/h1,3-7,17H,2,8-12H2. The molecule has 0 saturated carbocycles. The van der Waals surface area contributed by atoms with Gasteiger partial charge in [0.15, 0.2) is 0 Å². The molecule has 0 N–H and O–H groups in total. The summed E-state index contributed by atoms with van der Waals surface area (Å²) in [6.07, 6.45) is 5.34. The zero-order chi connectivity index (χ0) is 11.9. The molecule has 0 bridgehead atoms. The SMILES string of the molecule is SCCC=Cc1ccc(N2CCOCC2)cc1. The molecule has 2 rings (SSSR count). The Kier molecular flexibility index (Phi) is 4.95. The van der Waals surface area contributed by atoms with Crippen LogP contribution in [-0.2, 0) is 4.74 Å². The van der Waals surface area contributed by atoms with Gasteiger partial charge < -0.3 is 9.64 Å². The molecule has 1 aromatic rings. The smallest absolute Gasteiger partial charge is 0.0642 e. The van der Waals surface area contributed by atoms with Crippen molar-refractivity contribution in [1.29, 1.82) is 0 Å². The molecule has 92 valence electrons. The van der Waals surface area contributed by atoms with Gasteiger partial charge in [-0.15, -0.1) is 0 Å². The maximum atomic E-state index is 5.35. The van der Waals surface area contributed by atoms with Crippen LogP contribution >= 0.6 is 12.6 Å². The molecule has 2 nitrogen and oxygen atoms in total. The number of morpholine rings is 1. The molecule has 1 aromatic carbocycles. The van der Waals surface area contributed by atoms with E-state index >= 15 is 0 Å². The van der Waals surface area contributed by atoms with Crippen LogP contribution < -0.4 is 4.90 Å². The van der Waals surface area contributed by atoms with Crippen molar-refractivity contribution in [3.8, 4) is 0 Å². The van der Waals surface area contributed by atoms with E-state index in [0.29, 0.717) is 0 Å². The lowest BCUT2D eigenvalue weighted by Crippen LogP contribution is -2.36. The van der Waals surface area contributed by atoms with Gasteiger partial charge in [0.1, 0.15) is 0 Å². The maximum absolute atomic E-state index is 5.35. The zero-order valence-electron chi connectivity index (χ0n) is 10.0. The summed E-state index contributed by atoms with van der Waals surface area (Å²) in [5.74, 6) is 0.905. The van der Waals surface area contributed by atoms with Gasteiger partial charge in [-0.1, -0.05) is 24.3 Å². The monoisotopic (exact) mass is 249 g/mol. The molecule has 0 spiro atoms. The van der Waals surface area contributed by atoms with Crippen LogP contribution in [0.5, 0.6) is 0 Å². The van der Waals surface area contributed by atoms with Crippen molar-refractivity contribution in [2.24, 2.45) is 0 Å². The van der Waals surface area contributed by atoms with Gasteiger partial charge in [-0.25, -0.2) is 0 Å². The minimum absolute atomic E-state index is 0.837.